The fourth-order valence-electron chi connectivity index (χ4n) is 2.13. The van der Waals surface area contributed by atoms with Gasteiger partial charge in [-0.25, -0.2) is 9.69 Å². The average Bonchev–Trinajstić information content (AvgIpc) is 3.18. The topological polar surface area (TPSA) is 102 Å². The van der Waals surface area contributed by atoms with Crippen LogP contribution in [0.25, 0.3) is 0 Å². The lowest BCUT2D eigenvalue weighted by atomic mass is 10.2. The second-order valence-corrected chi connectivity index (χ2v) is 5.81. The molecule has 2 heterocycles. The molecule has 1 saturated heterocycles. The number of hydrogen-bond acceptors (Lipinski definition) is 7. The molecule has 1 unspecified atom stereocenters. The highest BCUT2D eigenvalue weighted by Gasteiger charge is 2.34. The second-order valence-electron chi connectivity index (χ2n) is 4.74. The fraction of sp³-hybridized carbons (Fsp3) is 0.308. The predicted molar refractivity (Wildman–Crippen MR) is 81.0 cm³/mol. The highest BCUT2D eigenvalue weighted by Crippen LogP contribution is 2.37. The Labute approximate surface area is 135 Å². The Morgan fingerprint density at radius 1 is 1.43 bits per heavy atom. The van der Waals surface area contributed by atoms with Gasteiger partial charge in [0.05, 0.1) is 12.9 Å². The first-order valence-corrected chi connectivity index (χ1v) is 7.80. The lowest BCUT2D eigenvalue weighted by Gasteiger charge is -2.24. The Morgan fingerprint density at radius 2 is 2.22 bits per heavy atom. The van der Waals surface area contributed by atoms with E-state index in [1.54, 1.807) is 7.11 Å². The van der Waals surface area contributed by atoms with Crippen LogP contribution in [-0.4, -0.2) is 49.9 Å². The Bertz CT molecular complexity index is 690. The Kier molecular flexibility index (Phi) is 4.42. The maximum atomic E-state index is 12.0. The van der Waals surface area contributed by atoms with Gasteiger partial charge < -0.3 is 4.74 Å². The first-order chi connectivity index (χ1) is 11.2. The van der Waals surface area contributed by atoms with Crippen molar-refractivity contribution in [3.63, 3.8) is 0 Å². The van der Waals surface area contributed by atoms with E-state index in [1.807, 2.05) is 24.3 Å². The molecule has 3 rings (SSSR count). The van der Waals surface area contributed by atoms with Gasteiger partial charge in [0.1, 0.15) is 24.0 Å². The summed E-state index contributed by atoms with van der Waals surface area (Å²) in [6, 6.07) is 7.38. The smallest absolute Gasteiger partial charge is 0.260 e. The molecule has 1 atom stereocenters. The molecule has 120 valence electrons. The molecule has 2 aromatic rings. The van der Waals surface area contributed by atoms with Crippen molar-refractivity contribution in [2.75, 3.05) is 12.9 Å². The quantitative estimate of drug-likeness (QED) is 0.820. The zero-order valence-corrected chi connectivity index (χ0v) is 13.1. The third-order valence-electron chi connectivity index (χ3n) is 3.21. The van der Waals surface area contributed by atoms with E-state index in [-0.39, 0.29) is 23.7 Å². The first kappa shape index (κ1) is 15.3. The van der Waals surface area contributed by atoms with E-state index < -0.39 is 0 Å². The van der Waals surface area contributed by atoms with Gasteiger partial charge in [-0.3, -0.25) is 15.0 Å². The highest BCUT2D eigenvalue weighted by molar-refractivity contribution is 8.00. The summed E-state index contributed by atoms with van der Waals surface area (Å²) >= 11 is 1.45. The maximum Gasteiger partial charge on any atom is 0.260 e. The van der Waals surface area contributed by atoms with Crippen molar-refractivity contribution >= 4 is 23.6 Å². The number of carbonyl (C=O) groups excluding carboxylic acids is 2. The van der Waals surface area contributed by atoms with Crippen molar-refractivity contribution in [2.24, 2.45) is 0 Å². The van der Waals surface area contributed by atoms with E-state index in [2.05, 4.69) is 21.0 Å². The third kappa shape index (κ3) is 3.42. The maximum absolute atomic E-state index is 12.0. The molecule has 1 aliphatic rings. The van der Waals surface area contributed by atoms with Crippen LogP contribution in [0.2, 0.25) is 0 Å². The first-order valence-electron chi connectivity index (χ1n) is 6.75. The predicted octanol–water partition coefficient (Wildman–Crippen LogP) is -0.0129. The largest absolute Gasteiger partial charge is 0.497 e. The molecule has 9 nitrogen and oxygen atoms in total. The summed E-state index contributed by atoms with van der Waals surface area (Å²) in [5.41, 5.74) is 3.53. The van der Waals surface area contributed by atoms with Crippen molar-refractivity contribution in [3.8, 4) is 5.75 Å². The SMILES string of the molecule is COc1ccc(C2SCC(=O)N2NC(=O)Cn2cnnn2)cc1. The molecule has 0 spiro atoms. The van der Waals surface area contributed by atoms with Crippen LogP contribution in [-0.2, 0) is 16.1 Å². The van der Waals surface area contributed by atoms with Crippen LogP contribution in [0.5, 0.6) is 5.75 Å². The number of thioether (sulfide) groups is 1. The molecule has 23 heavy (non-hydrogen) atoms. The van der Waals surface area contributed by atoms with Crippen LogP contribution in [0.4, 0.5) is 0 Å². The van der Waals surface area contributed by atoms with E-state index in [1.165, 1.54) is 27.8 Å². The minimum absolute atomic E-state index is 0.0588. The van der Waals surface area contributed by atoms with Crippen LogP contribution in [0.15, 0.2) is 30.6 Å². The van der Waals surface area contributed by atoms with Gasteiger partial charge in [0.15, 0.2) is 0 Å². The number of ether oxygens (including phenoxy) is 1. The second kappa shape index (κ2) is 6.65. The van der Waals surface area contributed by atoms with E-state index in [0.717, 1.165) is 11.3 Å². The number of hydrogen-bond donors (Lipinski definition) is 1. The van der Waals surface area contributed by atoms with Gasteiger partial charge in [-0.05, 0) is 28.1 Å². The normalized spacial score (nSPS) is 17.3. The standard InChI is InChI=1S/C13H14N6O3S/c1-22-10-4-2-9(3-5-10)13-19(12(21)7-23-13)15-11(20)6-18-8-14-16-17-18/h2-5,8,13H,6-7H2,1H3,(H,15,20). The molecule has 0 bridgehead atoms. The molecule has 0 saturated carbocycles. The van der Waals surface area contributed by atoms with Crippen LogP contribution in [0.1, 0.15) is 10.9 Å². The number of amides is 2. The number of hydrazine groups is 1. The Balaban J connectivity index is 1.70. The summed E-state index contributed by atoms with van der Waals surface area (Å²) in [7, 11) is 1.59. The summed E-state index contributed by atoms with van der Waals surface area (Å²) in [5, 5.41) is 11.6. The number of methoxy groups -OCH3 is 1. The summed E-state index contributed by atoms with van der Waals surface area (Å²) in [5.74, 6) is 0.520. The number of rotatable bonds is 5. The average molecular weight is 334 g/mol. The van der Waals surface area contributed by atoms with Crippen LogP contribution < -0.4 is 10.2 Å². The molecule has 1 aromatic carbocycles. The summed E-state index contributed by atoms with van der Waals surface area (Å²) in [6.45, 7) is -0.0588. The van der Waals surface area contributed by atoms with E-state index >= 15 is 0 Å². The number of carbonyl (C=O) groups is 2. The fourth-order valence-corrected chi connectivity index (χ4v) is 3.24. The number of aromatic nitrogens is 4. The van der Waals surface area contributed by atoms with Gasteiger partial charge in [-0.2, -0.15) is 0 Å². The van der Waals surface area contributed by atoms with Gasteiger partial charge in [0.2, 0.25) is 0 Å². The van der Waals surface area contributed by atoms with Gasteiger partial charge in [0, 0.05) is 0 Å². The molecule has 10 heteroatoms. The highest BCUT2D eigenvalue weighted by atomic mass is 32.2. The number of nitrogens with one attached hydrogen (secondary N) is 1. The zero-order valence-electron chi connectivity index (χ0n) is 12.2. The lowest BCUT2D eigenvalue weighted by molar-refractivity contribution is -0.139. The van der Waals surface area contributed by atoms with Crippen LogP contribution in [0, 0.1) is 0 Å². The van der Waals surface area contributed by atoms with E-state index in [0.29, 0.717) is 5.75 Å². The lowest BCUT2D eigenvalue weighted by Crippen LogP contribution is -2.45. The number of benzene rings is 1. The molecule has 1 aliphatic heterocycles. The van der Waals surface area contributed by atoms with Gasteiger partial charge in [-0.15, -0.1) is 16.9 Å². The van der Waals surface area contributed by atoms with Gasteiger partial charge in [-0.1, -0.05) is 12.1 Å². The summed E-state index contributed by atoms with van der Waals surface area (Å²) < 4.78 is 6.41. The van der Waals surface area contributed by atoms with Crippen molar-refractivity contribution in [1.29, 1.82) is 0 Å². The zero-order chi connectivity index (χ0) is 16.2. The minimum atomic E-state index is -0.369. The van der Waals surface area contributed by atoms with E-state index in [9.17, 15) is 9.59 Å². The Morgan fingerprint density at radius 3 is 2.87 bits per heavy atom. The molecule has 0 aliphatic carbocycles. The molecular weight excluding hydrogens is 320 g/mol. The summed E-state index contributed by atoms with van der Waals surface area (Å²) in [6.07, 6.45) is 1.33. The van der Waals surface area contributed by atoms with E-state index in [4.69, 9.17) is 4.74 Å². The molecule has 2 amide bonds. The van der Waals surface area contributed by atoms with Crippen molar-refractivity contribution in [2.45, 2.75) is 11.9 Å². The van der Waals surface area contributed by atoms with Crippen LogP contribution in [0.3, 0.4) is 0 Å². The third-order valence-corrected chi connectivity index (χ3v) is 4.42. The minimum Gasteiger partial charge on any atom is -0.497 e. The number of nitrogens with zero attached hydrogens (tertiary/aromatic N) is 5. The Hall–Kier alpha value is -2.62. The van der Waals surface area contributed by atoms with Gasteiger partial charge in [0.25, 0.3) is 11.8 Å². The van der Waals surface area contributed by atoms with Crippen molar-refractivity contribution in [1.82, 2.24) is 30.6 Å². The summed E-state index contributed by atoms with van der Waals surface area (Å²) in [4.78, 5) is 24.1. The molecular formula is C13H14N6O3S. The molecule has 1 N–H and O–H groups in total. The molecule has 1 fully saturated rings. The monoisotopic (exact) mass is 334 g/mol. The van der Waals surface area contributed by atoms with Crippen LogP contribution >= 0.6 is 11.8 Å². The number of tetrazole rings is 1. The molecule has 1 aromatic heterocycles. The van der Waals surface area contributed by atoms with Crippen molar-refractivity contribution in [3.05, 3.63) is 36.2 Å². The van der Waals surface area contributed by atoms with Crippen molar-refractivity contribution < 1.29 is 14.3 Å². The van der Waals surface area contributed by atoms with Gasteiger partial charge >= 0.3 is 0 Å². The molecule has 0 radical (unpaired) electrons.